The third-order valence-corrected chi connectivity index (χ3v) is 4.81. The Kier molecular flexibility index (Phi) is 4.58. The van der Waals surface area contributed by atoms with Gasteiger partial charge in [0.05, 0.1) is 11.7 Å². The van der Waals surface area contributed by atoms with E-state index in [1.54, 1.807) is 12.4 Å². The molecule has 2 N–H and O–H groups in total. The zero-order chi connectivity index (χ0) is 13.9. The molecule has 19 heavy (non-hydrogen) atoms. The summed E-state index contributed by atoms with van der Waals surface area (Å²) in [5.74, 6) is 0.348. The van der Waals surface area contributed by atoms with E-state index in [0.717, 1.165) is 31.2 Å². The first-order valence-electron chi connectivity index (χ1n) is 7.38. The quantitative estimate of drug-likeness (QED) is 0.878. The Balaban J connectivity index is 2.16. The molecule has 0 bridgehead atoms. The van der Waals surface area contributed by atoms with E-state index >= 15 is 0 Å². The van der Waals surface area contributed by atoms with Gasteiger partial charge in [-0.05, 0) is 36.3 Å². The van der Waals surface area contributed by atoms with Crippen molar-refractivity contribution < 1.29 is 10.2 Å². The van der Waals surface area contributed by atoms with Gasteiger partial charge in [0, 0.05) is 18.8 Å². The number of aliphatic hydroxyl groups excluding tert-OH is 1. The Morgan fingerprint density at radius 2 is 2.26 bits per heavy atom. The molecule has 106 valence electrons. The Morgan fingerprint density at radius 3 is 2.89 bits per heavy atom. The van der Waals surface area contributed by atoms with Crippen LogP contribution in [-0.2, 0) is 6.42 Å². The molecule has 1 unspecified atom stereocenters. The molecule has 0 amide bonds. The third kappa shape index (κ3) is 2.82. The highest BCUT2D eigenvalue weighted by Gasteiger charge is 2.48. The monoisotopic (exact) mass is 263 g/mol. The van der Waals surface area contributed by atoms with E-state index in [1.165, 1.54) is 0 Å². The lowest BCUT2D eigenvalue weighted by Gasteiger charge is -2.47. The number of rotatable bonds is 4. The van der Waals surface area contributed by atoms with Gasteiger partial charge in [-0.15, -0.1) is 0 Å². The number of aliphatic hydroxyl groups is 2. The van der Waals surface area contributed by atoms with Crippen LogP contribution in [0.15, 0.2) is 24.5 Å². The van der Waals surface area contributed by atoms with E-state index in [1.807, 2.05) is 12.1 Å². The molecule has 2 rings (SSSR count). The molecule has 1 saturated carbocycles. The third-order valence-electron chi connectivity index (χ3n) is 4.81. The first-order valence-corrected chi connectivity index (χ1v) is 7.38. The molecular formula is C16H25NO2. The van der Waals surface area contributed by atoms with Gasteiger partial charge in [-0.3, -0.25) is 4.98 Å². The molecular weight excluding hydrogens is 238 g/mol. The normalized spacial score (nSPS) is 33.1. The van der Waals surface area contributed by atoms with Crippen molar-refractivity contribution in [3.8, 4) is 0 Å². The molecule has 4 atom stereocenters. The summed E-state index contributed by atoms with van der Waals surface area (Å²) in [6.07, 6.45) is 7.34. The van der Waals surface area contributed by atoms with Crippen LogP contribution >= 0.6 is 0 Å². The molecule has 1 aliphatic carbocycles. The predicted octanol–water partition coefficient (Wildman–Crippen LogP) is 2.56. The summed E-state index contributed by atoms with van der Waals surface area (Å²) in [4.78, 5) is 4.07. The SMILES string of the molecule is CC[C@@H]1CCC[C@H](C)[C@@]1(O)C(O)Cc1cccnc1. The van der Waals surface area contributed by atoms with E-state index in [9.17, 15) is 10.2 Å². The van der Waals surface area contributed by atoms with E-state index < -0.39 is 11.7 Å². The topological polar surface area (TPSA) is 53.4 Å². The summed E-state index contributed by atoms with van der Waals surface area (Å²) in [6.45, 7) is 4.17. The van der Waals surface area contributed by atoms with Crippen molar-refractivity contribution in [2.24, 2.45) is 11.8 Å². The van der Waals surface area contributed by atoms with E-state index in [0.29, 0.717) is 6.42 Å². The van der Waals surface area contributed by atoms with Crippen molar-refractivity contribution in [1.82, 2.24) is 4.98 Å². The molecule has 3 nitrogen and oxygen atoms in total. The summed E-state index contributed by atoms with van der Waals surface area (Å²) < 4.78 is 0. The van der Waals surface area contributed by atoms with Gasteiger partial charge in [-0.2, -0.15) is 0 Å². The standard InChI is InChI=1S/C16H25NO2/c1-3-14-8-4-6-12(2)16(14,19)15(18)10-13-7-5-9-17-11-13/h5,7,9,11-12,14-15,18-19H,3-4,6,8,10H2,1-2H3/t12-,14+,15?,16-/m0/s1. The van der Waals surface area contributed by atoms with E-state index in [2.05, 4.69) is 18.8 Å². The zero-order valence-corrected chi connectivity index (χ0v) is 11.9. The minimum atomic E-state index is -0.956. The van der Waals surface area contributed by atoms with Crippen LogP contribution in [0.25, 0.3) is 0 Å². The van der Waals surface area contributed by atoms with E-state index in [4.69, 9.17) is 0 Å². The molecule has 0 spiro atoms. The first kappa shape index (κ1) is 14.5. The molecule has 0 aliphatic heterocycles. The minimum Gasteiger partial charge on any atom is -0.390 e. The van der Waals surface area contributed by atoms with Crippen molar-refractivity contribution in [2.45, 2.75) is 57.7 Å². The molecule has 3 heteroatoms. The Labute approximate surface area is 115 Å². The molecule has 1 aromatic rings. The van der Waals surface area contributed by atoms with Gasteiger partial charge in [0.2, 0.25) is 0 Å². The lowest BCUT2D eigenvalue weighted by molar-refractivity contribution is -0.163. The van der Waals surface area contributed by atoms with Crippen LogP contribution in [0.4, 0.5) is 0 Å². The fraction of sp³-hybridized carbons (Fsp3) is 0.688. The minimum absolute atomic E-state index is 0.151. The maximum Gasteiger partial charge on any atom is 0.0961 e. The molecule has 1 aromatic heterocycles. The Bertz CT molecular complexity index is 395. The zero-order valence-electron chi connectivity index (χ0n) is 11.9. The maximum absolute atomic E-state index is 11.1. The number of pyridine rings is 1. The van der Waals surface area contributed by atoms with Crippen LogP contribution < -0.4 is 0 Å². The smallest absolute Gasteiger partial charge is 0.0961 e. The van der Waals surface area contributed by atoms with Crippen LogP contribution in [0.2, 0.25) is 0 Å². The second-order valence-electron chi connectivity index (χ2n) is 5.91. The molecule has 0 aromatic carbocycles. The van der Waals surface area contributed by atoms with Gasteiger partial charge in [-0.1, -0.05) is 32.8 Å². The van der Waals surface area contributed by atoms with Crippen molar-refractivity contribution in [2.75, 3.05) is 0 Å². The maximum atomic E-state index is 11.1. The largest absolute Gasteiger partial charge is 0.390 e. The lowest BCUT2D eigenvalue weighted by Crippen LogP contribution is -2.56. The van der Waals surface area contributed by atoms with Crippen LogP contribution in [0.3, 0.4) is 0 Å². The average molecular weight is 263 g/mol. The molecule has 1 fully saturated rings. The second-order valence-corrected chi connectivity index (χ2v) is 5.91. The first-order chi connectivity index (χ1) is 9.09. The number of nitrogens with zero attached hydrogens (tertiary/aromatic N) is 1. The summed E-state index contributed by atoms with van der Waals surface area (Å²) in [6, 6.07) is 3.82. The van der Waals surface area contributed by atoms with Crippen molar-refractivity contribution in [3.05, 3.63) is 30.1 Å². The van der Waals surface area contributed by atoms with Gasteiger partial charge < -0.3 is 10.2 Å². The lowest BCUT2D eigenvalue weighted by atomic mass is 9.64. The summed E-state index contributed by atoms with van der Waals surface area (Å²) in [5.41, 5.74) is 0.0269. The number of aromatic nitrogens is 1. The molecule has 1 aliphatic rings. The molecule has 0 radical (unpaired) electrons. The van der Waals surface area contributed by atoms with Crippen molar-refractivity contribution >= 4 is 0 Å². The molecule has 0 saturated heterocycles. The summed E-state index contributed by atoms with van der Waals surface area (Å²) >= 11 is 0. The Morgan fingerprint density at radius 1 is 1.47 bits per heavy atom. The highest BCUT2D eigenvalue weighted by molar-refractivity contribution is 5.12. The number of hydrogen-bond acceptors (Lipinski definition) is 3. The van der Waals surface area contributed by atoms with Crippen molar-refractivity contribution in [1.29, 1.82) is 0 Å². The van der Waals surface area contributed by atoms with Gasteiger partial charge >= 0.3 is 0 Å². The summed E-state index contributed by atoms with van der Waals surface area (Å²) in [5, 5.41) is 21.6. The van der Waals surface area contributed by atoms with Crippen LogP contribution in [0.1, 0.15) is 45.1 Å². The van der Waals surface area contributed by atoms with E-state index in [-0.39, 0.29) is 11.8 Å². The Hall–Kier alpha value is -0.930. The second kappa shape index (κ2) is 6.02. The average Bonchev–Trinajstić information content (AvgIpc) is 2.43. The predicted molar refractivity (Wildman–Crippen MR) is 75.7 cm³/mol. The van der Waals surface area contributed by atoms with Gasteiger partial charge in [0.15, 0.2) is 0 Å². The highest BCUT2D eigenvalue weighted by Crippen LogP contribution is 2.42. The van der Waals surface area contributed by atoms with Crippen molar-refractivity contribution in [3.63, 3.8) is 0 Å². The fourth-order valence-electron chi connectivity index (χ4n) is 3.57. The highest BCUT2D eigenvalue weighted by atomic mass is 16.3. The number of hydrogen-bond donors (Lipinski definition) is 2. The van der Waals surface area contributed by atoms with Crippen LogP contribution in [0, 0.1) is 11.8 Å². The van der Waals surface area contributed by atoms with Gasteiger partial charge in [0.25, 0.3) is 0 Å². The van der Waals surface area contributed by atoms with Crippen LogP contribution in [0.5, 0.6) is 0 Å². The molecule has 1 heterocycles. The fourth-order valence-corrected chi connectivity index (χ4v) is 3.57. The van der Waals surface area contributed by atoms with Gasteiger partial charge in [0.1, 0.15) is 0 Å². The van der Waals surface area contributed by atoms with Crippen LogP contribution in [-0.4, -0.2) is 26.9 Å². The summed E-state index contributed by atoms with van der Waals surface area (Å²) in [7, 11) is 0. The van der Waals surface area contributed by atoms with Gasteiger partial charge in [-0.25, -0.2) is 0 Å².